The summed E-state index contributed by atoms with van der Waals surface area (Å²) in [4.78, 5) is 2.06. The van der Waals surface area contributed by atoms with Gasteiger partial charge in [0, 0.05) is 20.5 Å². The topological polar surface area (TPSA) is 54.5 Å². The van der Waals surface area contributed by atoms with Crippen LogP contribution >= 0.6 is 34.5 Å². The average Bonchev–Trinajstić information content (AvgIpc) is 3.24. The zero-order valence-electron chi connectivity index (χ0n) is 14.8. The fourth-order valence-electron chi connectivity index (χ4n) is 3.10. The molecule has 0 atom stereocenters. The van der Waals surface area contributed by atoms with Crippen LogP contribution in [0, 0.1) is 13.8 Å². The Bertz CT molecular complexity index is 1080. The first kappa shape index (κ1) is 18.2. The molecule has 0 saturated carbocycles. The zero-order chi connectivity index (χ0) is 19.0. The van der Waals surface area contributed by atoms with E-state index in [0.29, 0.717) is 5.82 Å². The third-order valence-corrected chi connectivity index (χ3v) is 5.98. The van der Waals surface area contributed by atoms with Crippen molar-refractivity contribution in [2.24, 2.45) is 0 Å². The maximum atomic E-state index is 6.56. The molecular formula is C20H16Cl2N4S. The van der Waals surface area contributed by atoms with Gasteiger partial charge in [0.2, 0.25) is 5.82 Å². The molecule has 2 aromatic carbocycles. The van der Waals surface area contributed by atoms with E-state index in [1.54, 1.807) is 11.3 Å². The number of nitrogens with one attached hydrogen (secondary N) is 1. The van der Waals surface area contributed by atoms with Crippen molar-refractivity contribution in [1.29, 1.82) is 0 Å². The van der Waals surface area contributed by atoms with Gasteiger partial charge >= 0.3 is 0 Å². The molecule has 0 spiro atoms. The normalized spacial score (nSPS) is 11.1. The van der Waals surface area contributed by atoms with Crippen LogP contribution in [0.5, 0.6) is 0 Å². The van der Waals surface area contributed by atoms with Gasteiger partial charge < -0.3 is 0 Å². The first-order valence-electron chi connectivity index (χ1n) is 8.39. The molecule has 4 aromatic rings. The summed E-state index contributed by atoms with van der Waals surface area (Å²) >= 11 is 14.4. The molecule has 4 rings (SSSR count). The van der Waals surface area contributed by atoms with Crippen LogP contribution in [0.25, 0.3) is 21.1 Å². The van der Waals surface area contributed by atoms with Crippen molar-refractivity contribution >= 4 is 34.5 Å². The summed E-state index contributed by atoms with van der Waals surface area (Å²) < 4.78 is 0. The first-order chi connectivity index (χ1) is 13.0. The van der Waals surface area contributed by atoms with Gasteiger partial charge in [0.1, 0.15) is 0 Å². The van der Waals surface area contributed by atoms with E-state index in [-0.39, 0.29) is 0 Å². The van der Waals surface area contributed by atoms with Crippen LogP contribution in [0.3, 0.4) is 0 Å². The highest BCUT2D eigenvalue weighted by atomic mass is 35.5. The third-order valence-electron chi connectivity index (χ3n) is 4.24. The highest BCUT2D eigenvalue weighted by molar-refractivity contribution is 7.19. The maximum Gasteiger partial charge on any atom is 0.214 e. The molecule has 4 nitrogen and oxygen atoms in total. The van der Waals surface area contributed by atoms with Crippen LogP contribution < -0.4 is 0 Å². The standard InChI is InChI=1S/C20H16Cl2N4S/c1-11-3-4-16(17(22)7-11)19-14(8-13-5-12(2)6-15(21)9-13)10-18(27-19)20-23-25-26-24-20/h3-7,9-10H,8H2,1-2H3,(H,23,24,25,26). The van der Waals surface area contributed by atoms with Gasteiger partial charge in [-0.1, -0.05) is 41.4 Å². The van der Waals surface area contributed by atoms with Crippen molar-refractivity contribution in [3.63, 3.8) is 0 Å². The predicted octanol–water partition coefficient (Wildman–Crippen LogP) is 6.11. The molecule has 0 aliphatic heterocycles. The van der Waals surface area contributed by atoms with E-state index in [1.165, 1.54) is 0 Å². The quantitative estimate of drug-likeness (QED) is 0.438. The number of hydrogen-bond donors (Lipinski definition) is 1. The fourth-order valence-corrected chi connectivity index (χ4v) is 4.95. The zero-order valence-corrected chi connectivity index (χ0v) is 17.1. The highest BCUT2D eigenvalue weighted by Crippen LogP contribution is 2.41. The largest absolute Gasteiger partial charge is 0.214 e. The van der Waals surface area contributed by atoms with Crippen LogP contribution in [0.1, 0.15) is 22.3 Å². The Morgan fingerprint density at radius 1 is 1.00 bits per heavy atom. The van der Waals surface area contributed by atoms with Crippen molar-refractivity contribution in [2.75, 3.05) is 0 Å². The Morgan fingerprint density at radius 2 is 1.85 bits per heavy atom. The molecule has 136 valence electrons. The molecule has 0 unspecified atom stereocenters. The van der Waals surface area contributed by atoms with E-state index >= 15 is 0 Å². The number of halogens is 2. The van der Waals surface area contributed by atoms with E-state index in [2.05, 4.69) is 44.9 Å². The van der Waals surface area contributed by atoms with Crippen molar-refractivity contribution in [3.05, 3.63) is 74.8 Å². The number of hydrogen-bond acceptors (Lipinski definition) is 4. The molecule has 0 bridgehead atoms. The molecular weight excluding hydrogens is 399 g/mol. The van der Waals surface area contributed by atoms with Crippen molar-refractivity contribution in [1.82, 2.24) is 20.6 Å². The summed E-state index contributed by atoms with van der Waals surface area (Å²) in [5.74, 6) is 0.581. The minimum Gasteiger partial charge on any atom is -0.177 e. The average molecular weight is 415 g/mol. The number of thiophene rings is 1. The van der Waals surface area contributed by atoms with Gasteiger partial charge in [0.15, 0.2) is 0 Å². The third kappa shape index (κ3) is 3.90. The number of aromatic nitrogens is 4. The Labute approximate surface area is 171 Å². The fraction of sp³-hybridized carbons (Fsp3) is 0.150. The second-order valence-corrected chi connectivity index (χ2v) is 8.39. The second kappa shape index (κ2) is 7.43. The van der Waals surface area contributed by atoms with Crippen LogP contribution in [-0.4, -0.2) is 20.6 Å². The smallest absolute Gasteiger partial charge is 0.177 e. The van der Waals surface area contributed by atoms with Crippen molar-refractivity contribution in [2.45, 2.75) is 20.3 Å². The summed E-state index contributed by atoms with van der Waals surface area (Å²) in [6.07, 6.45) is 0.745. The summed E-state index contributed by atoms with van der Waals surface area (Å²) in [5, 5.41) is 15.9. The van der Waals surface area contributed by atoms with Crippen LogP contribution in [0.15, 0.2) is 42.5 Å². The number of aryl methyl sites for hydroxylation is 2. The molecule has 1 N–H and O–H groups in total. The predicted molar refractivity (Wildman–Crippen MR) is 112 cm³/mol. The minimum absolute atomic E-state index is 0.581. The number of rotatable bonds is 4. The lowest BCUT2D eigenvalue weighted by Gasteiger charge is -2.08. The van der Waals surface area contributed by atoms with E-state index < -0.39 is 0 Å². The van der Waals surface area contributed by atoms with Crippen LogP contribution in [0.4, 0.5) is 0 Å². The van der Waals surface area contributed by atoms with E-state index in [9.17, 15) is 0 Å². The van der Waals surface area contributed by atoms with Gasteiger partial charge in [0.25, 0.3) is 0 Å². The van der Waals surface area contributed by atoms with Gasteiger partial charge in [0.05, 0.1) is 4.88 Å². The number of aromatic amines is 1. The van der Waals surface area contributed by atoms with Gasteiger partial charge in [-0.25, -0.2) is 0 Å². The number of benzene rings is 2. The lowest BCUT2D eigenvalue weighted by Crippen LogP contribution is -1.90. The van der Waals surface area contributed by atoms with E-state index in [4.69, 9.17) is 23.2 Å². The Hall–Kier alpha value is -2.21. The summed E-state index contributed by atoms with van der Waals surface area (Å²) in [5.41, 5.74) is 5.59. The lowest BCUT2D eigenvalue weighted by molar-refractivity contribution is 0.881. The lowest BCUT2D eigenvalue weighted by atomic mass is 10.0. The van der Waals surface area contributed by atoms with Crippen LogP contribution in [0.2, 0.25) is 10.0 Å². The number of nitrogens with zero attached hydrogens (tertiary/aromatic N) is 3. The van der Waals surface area contributed by atoms with E-state index in [0.717, 1.165) is 54.0 Å². The molecule has 2 aromatic heterocycles. The molecule has 0 aliphatic rings. The Kier molecular flexibility index (Phi) is 5.00. The summed E-state index contributed by atoms with van der Waals surface area (Å²) in [6.45, 7) is 4.08. The molecule has 0 saturated heterocycles. The maximum absolute atomic E-state index is 6.56. The monoisotopic (exact) mass is 414 g/mol. The summed E-state index contributed by atoms with van der Waals surface area (Å²) in [6, 6.07) is 14.3. The van der Waals surface area contributed by atoms with Crippen molar-refractivity contribution in [3.8, 4) is 21.1 Å². The molecule has 0 fully saturated rings. The molecule has 27 heavy (non-hydrogen) atoms. The molecule has 0 amide bonds. The molecule has 7 heteroatoms. The minimum atomic E-state index is 0.581. The Balaban J connectivity index is 1.83. The van der Waals surface area contributed by atoms with E-state index in [1.807, 2.05) is 32.0 Å². The summed E-state index contributed by atoms with van der Waals surface area (Å²) in [7, 11) is 0. The molecule has 0 aliphatic carbocycles. The van der Waals surface area contributed by atoms with Gasteiger partial charge in [-0.05, 0) is 72.0 Å². The second-order valence-electron chi connectivity index (χ2n) is 6.50. The number of tetrazole rings is 1. The van der Waals surface area contributed by atoms with Gasteiger partial charge in [-0.15, -0.1) is 21.5 Å². The van der Waals surface area contributed by atoms with Gasteiger partial charge in [-0.2, -0.15) is 5.21 Å². The number of H-pyrrole nitrogens is 1. The first-order valence-corrected chi connectivity index (χ1v) is 9.96. The van der Waals surface area contributed by atoms with Gasteiger partial charge in [-0.3, -0.25) is 0 Å². The highest BCUT2D eigenvalue weighted by Gasteiger charge is 2.17. The van der Waals surface area contributed by atoms with Crippen LogP contribution in [-0.2, 0) is 6.42 Å². The molecule has 0 radical (unpaired) electrons. The molecule has 2 heterocycles. The SMILES string of the molecule is Cc1cc(Cl)cc(Cc2cc(-c3nn[nH]n3)sc2-c2ccc(C)cc2Cl)c1. The Morgan fingerprint density at radius 3 is 2.56 bits per heavy atom. The van der Waals surface area contributed by atoms with Crippen molar-refractivity contribution < 1.29 is 0 Å².